The normalized spacial score (nSPS) is 13.8. The van der Waals surface area contributed by atoms with E-state index >= 15 is 0 Å². The van der Waals surface area contributed by atoms with E-state index in [2.05, 4.69) is 4.72 Å². The minimum atomic E-state index is -3.91. The molecule has 4 nitrogen and oxygen atoms in total. The molecule has 90 valence electrons. The van der Waals surface area contributed by atoms with E-state index < -0.39 is 21.9 Å². The Morgan fingerprint density at radius 3 is 2.75 bits per heavy atom. The number of benzene rings is 1. The standard InChI is InChI=1S/C9H11ClFNO3S/c1-6(5-13)12-16(14,15)9-4-7(11)2-3-8(9)10/h2-4,6,12-13H,5H2,1H3/t6-/m0/s1. The Kier molecular flexibility index (Phi) is 4.26. The molecule has 16 heavy (non-hydrogen) atoms. The van der Waals surface area contributed by atoms with Crippen molar-refractivity contribution in [2.75, 3.05) is 6.61 Å². The van der Waals surface area contributed by atoms with E-state index in [9.17, 15) is 12.8 Å². The number of halogens is 2. The predicted molar refractivity (Wildman–Crippen MR) is 58.3 cm³/mol. The van der Waals surface area contributed by atoms with E-state index in [0.717, 1.165) is 18.2 Å². The fraction of sp³-hybridized carbons (Fsp3) is 0.333. The molecule has 1 atom stereocenters. The van der Waals surface area contributed by atoms with Crippen LogP contribution in [0, 0.1) is 5.82 Å². The summed E-state index contributed by atoms with van der Waals surface area (Å²) in [4.78, 5) is -0.338. The molecule has 0 radical (unpaired) electrons. The molecular weight excluding hydrogens is 257 g/mol. The first-order valence-corrected chi connectivity index (χ1v) is 6.31. The molecule has 2 N–H and O–H groups in total. The Hall–Kier alpha value is -0.690. The highest BCUT2D eigenvalue weighted by Gasteiger charge is 2.20. The number of aliphatic hydroxyl groups excluding tert-OH is 1. The van der Waals surface area contributed by atoms with Gasteiger partial charge in [0.25, 0.3) is 0 Å². The van der Waals surface area contributed by atoms with Crippen molar-refractivity contribution in [3.05, 3.63) is 29.0 Å². The lowest BCUT2D eigenvalue weighted by atomic mass is 10.3. The molecule has 1 aromatic carbocycles. The van der Waals surface area contributed by atoms with E-state index in [1.54, 1.807) is 0 Å². The van der Waals surface area contributed by atoms with Crippen LogP contribution in [0.2, 0.25) is 5.02 Å². The van der Waals surface area contributed by atoms with Crippen molar-refractivity contribution >= 4 is 21.6 Å². The van der Waals surface area contributed by atoms with Gasteiger partial charge in [0.05, 0.1) is 11.6 Å². The summed E-state index contributed by atoms with van der Waals surface area (Å²) < 4.78 is 38.5. The van der Waals surface area contributed by atoms with Crippen molar-refractivity contribution in [2.45, 2.75) is 17.9 Å². The van der Waals surface area contributed by atoms with Crippen LogP contribution in [-0.4, -0.2) is 26.2 Å². The SMILES string of the molecule is C[C@@H](CO)NS(=O)(=O)c1cc(F)ccc1Cl. The zero-order chi connectivity index (χ0) is 12.3. The minimum Gasteiger partial charge on any atom is -0.395 e. The molecule has 0 spiro atoms. The second kappa shape index (κ2) is 5.09. The first-order valence-electron chi connectivity index (χ1n) is 4.45. The van der Waals surface area contributed by atoms with Crippen LogP contribution < -0.4 is 4.72 Å². The van der Waals surface area contributed by atoms with Crippen molar-refractivity contribution in [1.29, 1.82) is 0 Å². The molecule has 0 aliphatic rings. The van der Waals surface area contributed by atoms with Crippen molar-refractivity contribution in [3.63, 3.8) is 0 Å². The molecule has 1 rings (SSSR count). The molecule has 0 bridgehead atoms. The predicted octanol–water partition coefficient (Wildman–Crippen LogP) is 1.14. The number of aliphatic hydroxyl groups is 1. The zero-order valence-corrected chi connectivity index (χ0v) is 10.0. The third-order valence-corrected chi connectivity index (χ3v) is 3.88. The van der Waals surface area contributed by atoms with E-state index in [1.807, 2.05) is 0 Å². The summed E-state index contributed by atoms with van der Waals surface area (Å²) in [5, 5.41) is 8.66. The van der Waals surface area contributed by atoms with E-state index in [1.165, 1.54) is 6.92 Å². The Labute approximate surface area is 98.1 Å². The Morgan fingerprint density at radius 1 is 1.56 bits per heavy atom. The highest BCUT2D eigenvalue weighted by atomic mass is 35.5. The van der Waals surface area contributed by atoms with Gasteiger partial charge in [0.2, 0.25) is 10.0 Å². The largest absolute Gasteiger partial charge is 0.395 e. The molecule has 0 heterocycles. The molecule has 0 aliphatic carbocycles. The van der Waals surface area contributed by atoms with Crippen molar-refractivity contribution in [2.24, 2.45) is 0 Å². The molecule has 1 aromatic rings. The monoisotopic (exact) mass is 267 g/mol. The molecular formula is C9H11ClFNO3S. The van der Waals surface area contributed by atoms with Gasteiger partial charge in [-0.2, -0.15) is 0 Å². The van der Waals surface area contributed by atoms with Crippen LogP contribution in [0.4, 0.5) is 4.39 Å². The van der Waals surface area contributed by atoms with Gasteiger partial charge in [-0.25, -0.2) is 17.5 Å². The fourth-order valence-electron chi connectivity index (χ4n) is 1.05. The number of nitrogens with one attached hydrogen (secondary N) is 1. The lowest BCUT2D eigenvalue weighted by molar-refractivity contribution is 0.265. The molecule has 0 saturated heterocycles. The summed E-state index contributed by atoms with van der Waals surface area (Å²) in [6.07, 6.45) is 0. The number of hydrogen-bond donors (Lipinski definition) is 2. The summed E-state index contributed by atoms with van der Waals surface area (Å²) in [6, 6.07) is 2.39. The van der Waals surface area contributed by atoms with Gasteiger partial charge in [-0.3, -0.25) is 0 Å². The van der Waals surface area contributed by atoms with Crippen molar-refractivity contribution < 1.29 is 17.9 Å². The summed E-state index contributed by atoms with van der Waals surface area (Å²) in [7, 11) is -3.91. The molecule has 0 saturated carbocycles. The first kappa shape index (κ1) is 13.4. The Morgan fingerprint density at radius 2 is 2.19 bits per heavy atom. The van der Waals surface area contributed by atoms with Crippen LogP contribution >= 0.6 is 11.6 Å². The van der Waals surface area contributed by atoms with Gasteiger partial charge in [0.15, 0.2) is 0 Å². The van der Waals surface area contributed by atoms with Crippen LogP contribution in [0.15, 0.2) is 23.1 Å². The van der Waals surface area contributed by atoms with Crippen LogP contribution in [0.3, 0.4) is 0 Å². The van der Waals surface area contributed by atoms with Gasteiger partial charge in [0, 0.05) is 6.04 Å². The number of sulfonamides is 1. The maximum absolute atomic E-state index is 12.9. The molecule has 7 heteroatoms. The second-order valence-corrected chi connectivity index (χ2v) is 5.37. The van der Waals surface area contributed by atoms with Gasteiger partial charge in [0.1, 0.15) is 10.7 Å². The third kappa shape index (κ3) is 3.15. The van der Waals surface area contributed by atoms with Gasteiger partial charge < -0.3 is 5.11 Å². The molecule has 0 aliphatic heterocycles. The van der Waals surface area contributed by atoms with Crippen LogP contribution in [0.25, 0.3) is 0 Å². The Bertz CT molecular complexity index is 478. The average molecular weight is 268 g/mol. The fourth-order valence-corrected chi connectivity index (χ4v) is 2.79. The maximum Gasteiger partial charge on any atom is 0.242 e. The third-order valence-electron chi connectivity index (χ3n) is 1.81. The maximum atomic E-state index is 12.9. The summed E-state index contributed by atoms with van der Waals surface area (Å²) >= 11 is 5.66. The highest BCUT2D eigenvalue weighted by Crippen LogP contribution is 2.22. The summed E-state index contributed by atoms with van der Waals surface area (Å²) in [5.74, 6) is -0.693. The topological polar surface area (TPSA) is 66.4 Å². The van der Waals surface area contributed by atoms with Crippen molar-refractivity contribution in [1.82, 2.24) is 4.72 Å². The molecule has 0 aromatic heterocycles. The van der Waals surface area contributed by atoms with Crippen LogP contribution in [0.5, 0.6) is 0 Å². The first-order chi connectivity index (χ1) is 7.36. The number of hydrogen-bond acceptors (Lipinski definition) is 3. The smallest absolute Gasteiger partial charge is 0.242 e. The zero-order valence-electron chi connectivity index (χ0n) is 8.44. The van der Waals surface area contributed by atoms with E-state index in [4.69, 9.17) is 16.7 Å². The van der Waals surface area contributed by atoms with Gasteiger partial charge in [-0.1, -0.05) is 11.6 Å². The second-order valence-electron chi connectivity index (χ2n) is 3.28. The summed E-state index contributed by atoms with van der Waals surface area (Å²) in [5.41, 5.74) is 0. The van der Waals surface area contributed by atoms with Gasteiger partial charge in [-0.15, -0.1) is 0 Å². The Balaban J connectivity index is 3.12. The lowest BCUT2D eigenvalue weighted by Gasteiger charge is -2.12. The highest BCUT2D eigenvalue weighted by molar-refractivity contribution is 7.89. The van der Waals surface area contributed by atoms with E-state index in [0.29, 0.717) is 0 Å². The average Bonchev–Trinajstić information content (AvgIpc) is 2.20. The quantitative estimate of drug-likeness (QED) is 0.860. The molecule has 0 amide bonds. The number of rotatable bonds is 4. The van der Waals surface area contributed by atoms with Crippen LogP contribution in [-0.2, 0) is 10.0 Å². The van der Waals surface area contributed by atoms with Crippen molar-refractivity contribution in [3.8, 4) is 0 Å². The van der Waals surface area contributed by atoms with Crippen LogP contribution in [0.1, 0.15) is 6.92 Å². The van der Waals surface area contributed by atoms with E-state index in [-0.39, 0.29) is 16.5 Å². The van der Waals surface area contributed by atoms with Gasteiger partial charge in [-0.05, 0) is 25.1 Å². The summed E-state index contributed by atoms with van der Waals surface area (Å²) in [6.45, 7) is 1.12. The van der Waals surface area contributed by atoms with Gasteiger partial charge >= 0.3 is 0 Å². The molecule has 0 unspecified atom stereocenters. The minimum absolute atomic E-state index is 0.0703. The molecule has 0 fully saturated rings. The lowest BCUT2D eigenvalue weighted by Crippen LogP contribution is -2.35.